The average Bonchev–Trinajstić information content (AvgIpc) is 2.78. The molecular formula is C14H13N5O. The summed E-state index contributed by atoms with van der Waals surface area (Å²) in [4.78, 5) is 23.1. The zero-order valence-electron chi connectivity index (χ0n) is 10.8. The van der Waals surface area contributed by atoms with E-state index in [0.29, 0.717) is 5.69 Å². The summed E-state index contributed by atoms with van der Waals surface area (Å²) < 4.78 is 0. The maximum atomic E-state index is 12.1. The number of hydrogen-bond donors (Lipinski definition) is 3. The van der Waals surface area contributed by atoms with Crippen molar-refractivity contribution in [2.45, 2.75) is 6.92 Å². The number of anilines is 2. The molecule has 20 heavy (non-hydrogen) atoms. The molecule has 0 bridgehead atoms. The Labute approximate surface area is 115 Å². The highest BCUT2D eigenvalue weighted by Gasteiger charge is 2.12. The fourth-order valence-corrected chi connectivity index (χ4v) is 2.07. The Balaban J connectivity index is 1.89. The summed E-state index contributed by atoms with van der Waals surface area (Å²) in [5.74, 6) is -0.259. The Hall–Kier alpha value is -2.89. The second kappa shape index (κ2) is 4.65. The van der Waals surface area contributed by atoms with E-state index in [-0.39, 0.29) is 17.4 Å². The number of nitrogens with two attached hydrogens (primary N) is 1. The summed E-state index contributed by atoms with van der Waals surface area (Å²) in [6, 6.07) is 7.64. The highest BCUT2D eigenvalue weighted by Crippen LogP contribution is 2.20. The molecular weight excluding hydrogens is 254 g/mol. The highest BCUT2D eigenvalue weighted by molar-refractivity contribution is 6.06. The molecule has 0 radical (unpaired) electrons. The first-order chi connectivity index (χ1) is 9.63. The van der Waals surface area contributed by atoms with E-state index in [1.165, 1.54) is 12.4 Å². The lowest BCUT2D eigenvalue weighted by Gasteiger charge is -2.06. The number of nitrogen functional groups attached to an aromatic ring is 1. The Morgan fingerprint density at radius 1 is 1.25 bits per heavy atom. The lowest BCUT2D eigenvalue weighted by molar-refractivity contribution is 0.102. The Kier molecular flexibility index (Phi) is 2.83. The lowest BCUT2D eigenvalue weighted by atomic mass is 10.2. The summed E-state index contributed by atoms with van der Waals surface area (Å²) in [5.41, 5.74) is 8.54. The molecule has 0 spiro atoms. The van der Waals surface area contributed by atoms with Gasteiger partial charge in [0.05, 0.1) is 0 Å². The minimum atomic E-state index is -0.373. The van der Waals surface area contributed by atoms with Crippen LogP contribution in [0.1, 0.15) is 16.2 Å². The quantitative estimate of drug-likeness (QED) is 0.662. The predicted molar refractivity (Wildman–Crippen MR) is 77.4 cm³/mol. The third kappa shape index (κ3) is 2.18. The number of carbonyl (C=O) groups excluding carboxylic acids is 1. The summed E-state index contributed by atoms with van der Waals surface area (Å²) >= 11 is 0. The molecule has 3 rings (SSSR count). The molecule has 0 aliphatic rings. The fraction of sp³-hybridized carbons (Fsp3) is 0.0714. The molecule has 6 nitrogen and oxygen atoms in total. The smallest absolute Gasteiger partial charge is 0.278 e. The second-order valence-corrected chi connectivity index (χ2v) is 4.50. The number of rotatable bonds is 2. The van der Waals surface area contributed by atoms with Crippen LogP contribution in [0.3, 0.4) is 0 Å². The molecule has 1 amide bonds. The number of nitrogens with one attached hydrogen (secondary N) is 2. The molecule has 6 heteroatoms. The van der Waals surface area contributed by atoms with Gasteiger partial charge in [-0.1, -0.05) is 0 Å². The van der Waals surface area contributed by atoms with Gasteiger partial charge < -0.3 is 16.0 Å². The van der Waals surface area contributed by atoms with Crippen molar-refractivity contribution in [2.24, 2.45) is 0 Å². The zero-order valence-corrected chi connectivity index (χ0v) is 10.8. The van der Waals surface area contributed by atoms with Crippen LogP contribution < -0.4 is 11.1 Å². The Bertz CT molecular complexity index is 793. The molecule has 4 N–H and O–H groups in total. The fourth-order valence-electron chi connectivity index (χ4n) is 2.07. The van der Waals surface area contributed by atoms with E-state index in [1.54, 1.807) is 0 Å². The van der Waals surface area contributed by atoms with Crippen LogP contribution in [0.2, 0.25) is 0 Å². The molecule has 2 aromatic heterocycles. The van der Waals surface area contributed by atoms with Crippen molar-refractivity contribution in [1.82, 2.24) is 15.0 Å². The Morgan fingerprint density at radius 2 is 2.05 bits per heavy atom. The first kappa shape index (κ1) is 12.2. The molecule has 0 atom stereocenters. The highest BCUT2D eigenvalue weighted by atomic mass is 16.1. The second-order valence-electron chi connectivity index (χ2n) is 4.50. The van der Waals surface area contributed by atoms with Gasteiger partial charge in [0.25, 0.3) is 5.91 Å². The maximum Gasteiger partial charge on any atom is 0.278 e. The van der Waals surface area contributed by atoms with E-state index in [0.717, 1.165) is 16.6 Å². The number of benzene rings is 1. The van der Waals surface area contributed by atoms with Gasteiger partial charge in [-0.2, -0.15) is 0 Å². The minimum absolute atomic E-state index is 0.114. The molecule has 0 fully saturated rings. The molecule has 1 aromatic carbocycles. The van der Waals surface area contributed by atoms with Crippen LogP contribution in [0.25, 0.3) is 10.9 Å². The van der Waals surface area contributed by atoms with Crippen molar-refractivity contribution in [3.8, 4) is 0 Å². The predicted octanol–water partition coefficient (Wildman–Crippen LogP) is 2.10. The van der Waals surface area contributed by atoms with Gasteiger partial charge in [0.1, 0.15) is 0 Å². The standard InChI is InChI=1S/C14H13N5O/c1-8-6-9-7-10(2-3-11(9)18-8)19-14(20)12-13(15)17-5-4-16-12/h2-7,18H,1H3,(H2,15,17)(H,19,20). The van der Waals surface area contributed by atoms with E-state index < -0.39 is 0 Å². The molecule has 0 saturated heterocycles. The first-order valence-electron chi connectivity index (χ1n) is 6.11. The summed E-state index contributed by atoms with van der Waals surface area (Å²) in [6.07, 6.45) is 2.88. The number of aromatic amines is 1. The van der Waals surface area contributed by atoms with Crippen LogP contribution in [0, 0.1) is 6.92 Å². The third-order valence-corrected chi connectivity index (χ3v) is 2.95. The van der Waals surface area contributed by atoms with Gasteiger partial charge in [-0.25, -0.2) is 9.97 Å². The monoisotopic (exact) mass is 267 g/mol. The van der Waals surface area contributed by atoms with Gasteiger partial charge >= 0.3 is 0 Å². The lowest BCUT2D eigenvalue weighted by Crippen LogP contribution is -2.16. The number of carbonyl (C=O) groups is 1. The molecule has 0 aliphatic carbocycles. The van der Waals surface area contributed by atoms with Crippen molar-refractivity contribution < 1.29 is 4.79 Å². The number of hydrogen-bond acceptors (Lipinski definition) is 4. The van der Waals surface area contributed by atoms with E-state index in [9.17, 15) is 4.79 Å². The average molecular weight is 267 g/mol. The number of H-pyrrole nitrogens is 1. The van der Waals surface area contributed by atoms with E-state index in [1.807, 2.05) is 31.2 Å². The van der Waals surface area contributed by atoms with E-state index >= 15 is 0 Å². The van der Waals surface area contributed by atoms with Crippen molar-refractivity contribution >= 4 is 28.3 Å². The van der Waals surface area contributed by atoms with Gasteiger partial charge in [0.2, 0.25) is 0 Å². The normalized spacial score (nSPS) is 10.7. The molecule has 0 saturated carbocycles. The van der Waals surface area contributed by atoms with Crippen LogP contribution in [-0.4, -0.2) is 20.9 Å². The summed E-state index contributed by atoms with van der Waals surface area (Å²) in [7, 11) is 0. The summed E-state index contributed by atoms with van der Waals surface area (Å²) in [6.45, 7) is 1.98. The largest absolute Gasteiger partial charge is 0.382 e. The van der Waals surface area contributed by atoms with Gasteiger partial charge in [0, 0.05) is 34.7 Å². The van der Waals surface area contributed by atoms with Crippen molar-refractivity contribution in [3.63, 3.8) is 0 Å². The molecule has 0 aliphatic heterocycles. The van der Waals surface area contributed by atoms with Crippen molar-refractivity contribution in [3.05, 3.63) is 48.0 Å². The SMILES string of the molecule is Cc1cc2cc(NC(=O)c3nccnc3N)ccc2[nH]1. The van der Waals surface area contributed by atoms with Crippen molar-refractivity contribution in [1.29, 1.82) is 0 Å². The van der Waals surface area contributed by atoms with Gasteiger partial charge in [0.15, 0.2) is 11.5 Å². The molecule has 100 valence electrons. The summed E-state index contributed by atoms with van der Waals surface area (Å²) in [5, 5.41) is 3.80. The first-order valence-corrected chi connectivity index (χ1v) is 6.11. The van der Waals surface area contributed by atoms with Crippen LogP contribution in [0.5, 0.6) is 0 Å². The molecule has 0 unspecified atom stereocenters. The topological polar surface area (TPSA) is 96.7 Å². The third-order valence-electron chi connectivity index (χ3n) is 2.95. The van der Waals surface area contributed by atoms with E-state index in [4.69, 9.17) is 5.73 Å². The van der Waals surface area contributed by atoms with Crippen LogP contribution >= 0.6 is 0 Å². The van der Waals surface area contributed by atoms with Crippen LogP contribution in [0.4, 0.5) is 11.5 Å². The number of amides is 1. The number of nitrogens with zero attached hydrogens (tertiary/aromatic N) is 2. The Morgan fingerprint density at radius 3 is 2.85 bits per heavy atom. The number of aryl methyl sites for hydroxylation is 1. The van der Waals surface area contributed by atoms with Gasteiger partial charge in [-0.3, -0.25) is 4.79 Å². The minimum Gasteiger partial charge on any atom is -0.382 e. The zero-order chi connectivity index (χ0) is 14.1. The number of aromatic nitrogens is 3. The van der Waals surface area contributed by atoms with Crippen LogP contribution in [-0.2, 0) is 0 Å². The molecule has 2 heterocycles. The van der Waals surface area contributed by atoms with Crippen molar-refractivity contribution in [2.75, 3.05) is 11.1 Å². The maximum absolute atomic E-state index is 12.1. The number of fused-ring (bicyclic) bond motifs is 1. The van der Waals surface area contributed by atoms with Crippen LogP contribution in [0.15, 0.2) is 36.7 Å². The molecule has 3 aromatic rings. The van der Waals surface area contributed by atoms with Gasteiger partial charge in [-0.05, 0) is 31.2 Å². The van der Waals surface area contributed by atoms with E-state index in [2.05, 4.69) is 20.3 Å². The van der Waals surface area contributed by atoms with Gasteiger partial charge in [-0.15, -0.1) is 0 Å².